The maximum atomic E-state index is 12.4. The molecule has 2 amide bonds. The van der Waals surface area contributed by atoms with E-state index in [-0.39, 0.29) is 17.7 Å². The summed E-state index contributed by atoms with van der Waals surface area (Å²) in [5, 5.41) is 10.7. The van der Waals surface area contributed by atoms with E-state index in [1.54, 1.807) is 35.1 Å². The summed E-state index contributed by atoms with van der Waals surface area (Å²) in [6.07, 6.45) is 4.47. The molecule has 0 aromatic heterocycles. The minimum absolute atomic E-state index is 0.0203. The number of nitro benzene ring substituents is 1. The molecule has 8 heteroatoms. The van der Waals surface area contributed by atoms with Crippen molar-refractivity contribution in [3.8, 4) is 0 Å². The topological polar surface area (TPSA) is 93.0 Å². The molecule has 0 radical (unpaired) electrons. The van der Waals surface area contributed by atoms with Crippen LogP contribution in [0.5, 0.6) is 0 Å². The third kappa shape index (κ3) is 7.21. The Morgan fingerprint density at radius 1 is 1.24 bits per heavy atom. The van der Waals surface area contributed by atoms with Crippen molar-refractivity contribution in [2.24, 2.45) is 5.92 Å². The summed E-state index contributed by atoms with van der Waals surface area (Å²) in [7, 11) is 1.73. The predicted octanol–water partition coefficient (Wildman–Crippen LogP) is 3.71. The number of benzene rings is 1. The number of non-ortho nitro benzene ring substituents is 1. The van der Waals surface area contributed by atoms with Crippen LogP contribution >= 0.6 is 0 Å². The molecule has 0 aliphatic carbocycles. The molecule has 1 aliphatic rings. The van der Waals surface area contributed by atoms with E-state index in [4.69, 9.17) is 4.74 Å². The second kappa shape index (κ2) is 9.54. The highest BCUT2D eigenvalue weighted by molar-refractivity contribution is 5.91. The van der Waals surface area contributed by atoms with Crippen LogP contribution in [0.4, 0.5) is 10.5 Å². The van der Waals surface area contributed by atoms with E-state index in [0.29, 0.717) is 25.6 Å². The highest BCUT2D eigenvalue weighted by Crippen LogP contribution is 2.20. The van der Waals surface area contributed by atoms with E-state index in [9.17, 15) is 19.7 Å². The van der Waals surface area contributed by atoms with E-state index in [1.807, 2.05) is 20.8 Å². The summed E-state index contributed by atoms with van der Waals surface area (Å²) in [4.78, 5) is 38.1. The minimum atomic E-state index is -0.517. The fourth-order valence-electron chi connectivity index (χ4n) is 3.12. The van der Waals surface area contributed by atoms with Gasteiger partial charge in [0.2, 0.25) is 5.91 Å². The zero-order chi connectivity index (χ0) is 21.6. The molecular formula is C21H29N3O5. The van der Waals surface area contributed by atoms with Crippen LogP contribution in [0.15, 0.2) is 30.3 Å². The van der Waals surface area contributed by atoms with E-state index in [0.717, 1.165) is 18.4 Å². The molecule has 1 saturated heterocycles. The minimum Gasteiger partial charge on any atom is -0.444 e. The normalized spacial score (nSPS) is 15.4. The van der Waals surface area contributed by atoms with Crippen LogP contribution in [0.2, 0.25) is 0 Å². The second-order valence-corrected chi connectivity index (χ2v) is 8.31. The first-order valence-corrected chi connectivity index (χ1v) is 9.71. The van der Waals surface area contributed by atoms with Crippen molar-refractivity contribution in [1.29, 1.82) is 0 Å². The van der Waals surface area contributed by atoms with Crippen LogP contribution in [0, 0.1) is 16.0 Å². The van der Waals surface area contributed by atoms with Crippen molar-refractivity contribution < 1.29 is 19.2 Å². The molecule has 0 spiro atoms. The molecular weight excluding hydrogens is 374 g/mol. The maximum Gasteiger partial charge on any atom is 0.410 e. The molecule has 1 aromatic carbocycles. The lowest BCUT2D eigenvalue weighted by Gasteiger charge is -2.34. The number of carbonyl (C=O) groups is 2. The first-order chi connectivity index (χ1) is 13.5. The molecule has 0 saturated carbocycles. The predicted molar refractivity (Wildman–Crippen MR) is 110 cm³/mol. The largest absolute Gasteiger partial charge is 0.444 e. The molecule has 0 N–H and O–H groups in total. The number of amides is 2. The number of nitrogens with zero attached hydrogens (tertiary/aromatic N) is 3. The number of carbonyl (C=O) groups excluding carboxylic acids is 2. The molecule has 0 atom stereocenters. The first kappa shape index (κ1) is 22.4. The van der Waals surface area contributed by atoms with Crippen molar-refractivity contribution in [3.63, 3.8) is 0 Å². The Hall–Kier alpha value is -2.90. The van der Waals surface area contributed by atoms with Gasteiger partial charge < -0.3 is 14.5 Å². The summed E-state index contributed by atoms with van der Waals surface area (Å²) in [5.74, 6) is 0.248. The summed E-state index contributed by atoms with van der Waals surface area (Å²) >= 11 is 0. The molecule has 2 rings (SSSR count). The zero-order valence-electron chi connectivity index (χ0n) is 17.5. The van der Waals surface area contributed by atoms with Crippen molar-refractivity contribution in [3.05, 3.63) is 46.0 Å². The Labute approximate surface area is 171 Å². The lowest BCUT2D eigenvalue weighted by Crippen LogP contribution is -2.42. The monoisotopic (exact) mass is 403 g/mol. The second-order valence-electron chi connectivity index (χ2n) is 8.31. The summed E-state index contributed by atoms with van der Waals surface area (Å²) < 4.78 is 5.37. The van der Waals surface area contributed by atoms with Gasteiger partial charge in [-0.25, -0.2) is 4.79 Å². The molecule has 1 fully saturated rings. The number of rotatable bonds is 5. The lowest BCUT2D eigenvalue weighted by atomic mass is 9.96. The third-order valence-corrected chi connectivity index (χ3v) is 4.69. The molecule has 1 heterocycles. The Kier molecular flexibility index (Phi) is 7.36. The van der Waals surface area contributed by atoms with E-state index >= 15 is 0 Å². The fraction of sp³-hybridized carbons (Fsp3) is 0.524. The van der Waals surface area contributed by atoms with E-state index in [2.05, 4.69) is 0 Å². The summed E-state index contributed by atoms with van der Waals surface area (Å²) in [6, 6.07) is 6.05. The van der Waals surface area contributed by atoms with Crippen LogP contribution in [-0.2, 0) is 9.53 Å². The smallest absolute Gasteiger partial charge is 0.410 e. The van der Waals surface area contributed by atoms with Crippen LogP contribution < -0.4 is 0 Å². The number of likely N-dealkylation sites (tertiary alicyclic amines) is 1. The first-order valence-electron chi connectivity index (χ1n) is 9.71. The van der Waals surface area contributed by atoms with Gasteiger partial charge in [0.25, 0.3) is 5.69 Å². The van der Waals surface area contributed by atoms with Gasteiger partial charge in [-0.05, 0) is 63.3 Å². The van der Waals surface area contributed by atoms with Gasteiger partial charge in [-0.3, -0.25) is 14.9 Å². The van der Waals surface area contributed by atoms with Gasteiger partial charge in [-0.15, -0.1) is 0 Å². The maximum absolute atomic E-state index is 12.4. The van der Waals surface area contributed by atoms with Gasteiger partial charge in [0, 0.05) is 44.9 Å². The van der Waals surface area contributed by atoms with Crippen LogP contribution in [0.25, 0.3) is 6.08 Å². The average molecular weight is 403 g/mol. The lowest BCUT2D eigenvalue weighted by molar-refractivity contribution is -0.384. The van der Waals surface area contributed by atoms with E-state index in [1.165, 1.54) is 18.2 Å². The summed E-state index contributed by atoms with van der Waals surface area (Å²) in [5.41, 5.74) is 0.238. The van der Waals surface area contributed by atoms with Crippen LogP contribution in [-0.4, -0.2) is 59.0 Å². The number of nitro groups is 1. The van der Waals surface area contributed by atoms with Crippen LogP contribution in [0.3, 0.4) is 0 Å². The SMILES string of the molecule is CN(CC1CCN(C(=O)/C=C/c2ccc([N+](=O)[O-])cc2)CC1)C(=O)OC(C)(C)C. The number of hydrogen-bond donors (Lipinski definition) is 0. The van der Waals surface area contributed by atoms with E-state index < -0.39 is 10.5 Å². The summed E-state index contributed by atoms with van der Waals surface area (Å²) in [6.45, 7) is 7.40. The molecule has 29 heavy (non-hydrogen) atoms. The Morgan fingerprint density at radius 3 is 2.34 bits per heavy atom. The highest BCUT2D eigenvalue weighted by atomic mass is 16.6. The van der Waals surface area contributed by atoms with Crippen molar-refractivity contribution in [2.45, 2.75) is 39.2 Å². The van der Waals surface area contributed by atoms with Gasteiger partial charge >= 0.3 is 6.09 Å². The van der Waals surface area contributed by atoms with Crippen molar-refractivity contribution >= 4 is 23.8 Å². The molecule has 0 bridgehead atoms. The fourth-order valence-corrected chi connectivity index (χ4v) is 3.12. The van der Waals surface area contributed by atoms with Crippen LogP contribution in [0.1, 0.15) is 39.2 Å². The van der Waals surface area contributed by atoms with Gasteiger partial charge in [0.05, 0.1) is 4.92 Å². The molecule has 158 valence electrons. The van der Waals surface area contributed by atoms with Gasteiger partial charge in [-0.2, -0.15) is 0 Å². The third-order valence-electron chi connectivity index (χ3n) is 4.69. The number of ether oxygens (including phenoxy) is 1. The number of hydrogen-bond acceptors (Lipinski definition) is 5. The van der Waals surface area contributed by atoms with Crippen molar-refractivity contribution in [1.82, 2.24) is 9.80 Å². The number of piperidine rings is 1. The Balaban J connectivity index is 1.80. The highest BCUT2D eigenvalue weighted by Gasteiger charge is 2.26. The molecule has 1 aromatic rings. The van der Waals surface area contributed by atoms with Crippen molar-refractivity contribution in [2.75, 3.05) is 26.7 Å². The average Bonchev–Trinajstić information content (AvgIpc) is 2.65. The molecule has 1 aliphatic heterocycles. The quantitative estimate of drug-likeness (QED) is 0.424. The Morgan fingerprint density at radius 2 is 1.83 bits per heavy atom. The van der Waals surface area contributed by atoms with Gasteiger partial charge in [0.1, 0.15) is 5.60 Å². The molecule has 8 nitrogen and oxygen atoms in total. The Bertz CT molecular complexity index is 760. The van der Waals surface area contributed by atoms with Gasteiger partial charge in [0.15, 0.2) is 0 Å². The standard InChI is InChI=1S/C21H29N3O5/c1-21(2,3)29-20(26)22(4)15-17-11-13-23(14-12-17)19(25)10-7-16-5-8-18(9-6-16)24(27)28/h5-10,17H,11-15H2,1-4H3/b10-7+. The zero-order valence-corrected chi connectivity index (χ0v) is 17.5. The van der Waals surface area contributed by atoms with Gasteiger partial charge in [-0.1, -0.05) is 0 Å². The molecule has 0 unspecified atom stereocenters.